The minimum Gasteiger partial charge on any atom is -0.258 e. The van der Waals surface area contributed by atoms with Gasteiger partial charge in [0.15, 0.2) is 0 Å². The van der Waals surface area contributed by atoms with Crippen LogP contribution in [0.1, 0.15) is 39.0 Å². The van der Waals surface area contributed by atoms with Gasteiger partial charge in [0.25, 0.3) is 5.69 Å². The summed E-state index contributed by atoms with van der Waals surface area (Å²) in [4.78, 5) is 15.9. The maximum Gasteiger partial charge on any atom is 0.269 e. The van der Waals surface area contributed by atoms with Gasteiger partial charge in [-0.1, -0.05) is 18.6 Å². The third-order valence-electron chi connectivity index (χ3n) is 4.22. The predicted octanol–water partition coefficient (Wildman–Crippen LogP) is 4.77. The summed E-state index contributed by atoms with van der Waals surface area (Å²) < 4.78 is 1.88. The molecule has 1 aliphatic carbocycles. The van der Waals surface area contributed by atoms with E-state index >= 15 is 0 Å². The molecule has 136 valence electrons. The molecule has 1 aliphatic rings. The molecule has 1 aromatic carbocycles. The first kappa shape index (κ1) is 18.3. The number of aromatic nitrogens is 1. The summed E-state index contributed by atoms with van der Waals surface area (Å²) in [6.45, 7) is 6.42. The van der Waals surface area contributed by atoms with E-state index in [1.54, 1.807) is 12.1 Å². The molecule has 0 aliphatic heterocycles. The van der Waals surface area contributed by atoms with E-state index in [0.717, 1.165) is 34.5 Å². The van der Waals surface area contributed by atoms with Gasteiger partial charge in [0.1, 0.15) is 0 Å². The number of benzene rings is 1. The minimum atomic E-state index is -0.388. The molecule has 0 bridgehead atoms. The van der Waals surface area contributed by atoms with Crippen molar-refractivity contribution >= 4 is 22.7 Å². The average Bonchev–Trinajstić information content (AvgIpc) is 3.03. The number of hydrogen-bond donors (Lipinski definition) is 0. The Balaban J connectivity index is 2.05. The summed E-state index contributed by atoms with van der Waals surface area (Å²) >= 11 is 1.53. The smallest absolute Gasteiger partial charge is 0.258 e. The van der Waals surface area contributed by atoms with Gasteiger partial charge in [-0.15, -0.1) is 11.3 Å². The van der Waals surface area contributed by atoms with Crippen molar-refractivity contribution in [2.75, 3.05) is 6.54 Å². The van der Waals surface area contributed by atoms with Crippen molar-refractivity contribution in [3.63, 3.8) is 0 Å². The third-order valence-corrected chi connectivity index (χ3v) is 5.07. The quantitative estimate of drug-likeness (QED) is 0.432. The second-order valence-electron chi connectivity index (χ2n) is 6.52. The highest BCUT2D eigenvalue weighted by molar-refractivity contribution is 7.07. The first-order valence-electron chi connectivity index (χ1n) is 8.71. The van der Waals surface area contributed by atoms with E-state index in [-0.39, 0.29) is 10.6 Å². The van der Waals surface area contributed by atoms with E-state index in [0.29, 0.717) is 6.54 Å². The lowest BCUT2D eigenvalue weighted by molar-refractivity contribution is -0.384. The molecule has 6 nitrogen and oxygen atoms in total. The molecule has 1 aromatic heterocycles. The monoisotopic (exact) mass is 370 g/mol. The molecule has 0 atom stereocenters. The molecule has 0 amide bonds. The fraction of sp³-hybridized carbons (Fsp3) is 0.368. The van der Waals surface area contributed by atoms with Gasteiger partial charge >= 0.3 is 0 Å². The van der Waals surface area contributed by atoms with Crippen LogP contribution < -0.4 is 4.80 Å². The van der Waals surface area contributed by atoms with E-state index in [1.807, 2.05) is 17.0 Å². The second kappa shape index (κ2) is 8.23. The van der Waals surface area contributed by atoms with Gasteiger partial charge < -0.3 is 0 Å². The van der Waals surface area contributed by atoms with Crippen molar-refractivity contribution in [1.29, 1.82) is 0 Å². The molecule has 7 heteroatoms. The Labute approximate surface area is 156 Å². The Morgan fingerprint density at radius 2 is 1.96 bits per heavy atom. The Hall–Kier alpha value is -2.54. The van der Waals surface area contributed by atoms with Crippen LogP contribution in [0.5, 0.6) is 0 Å². The zero-order valence-electron chi connectivity index (χ0n) is 14.9. The van der Waals surface area contributed by atoms with Crippen molar-refractivity contribution in [1.82, 2.24) is 4.68 Å². The van der Waals surface area contributed by atoms with Gasteiger partial charge in [0.05, 0.1) is 17.2 Å². The number of hydrogen-bond acceptors (Lipinski definition) is 5. The van der Waals surface area contributed by atoms with Crippen LogP contribution in [0.3, 0.4) is 0 Å². The summed E-state index contributed by atoms with van der Waals surface area (Å²) in [6, 6.07) is 6.58. The van der Waals surface area contributed by atoms with Gasteiger partial charge in [-0.25, -0.2) is 4.68 Å². The lowest BCUT2D eigenvalue weighted by Crippen LogP contribution is -2.16. The highest BCUT2D eigenvalue weighted by Crippen LogP contribution is 2.24. The molecular formula is C19H22N4O2S. The molecule has 0 N–H and O–H groups in total. The maximum absolute atomic E-state index is 10.9. The molecule has 1 saturated carbocycles. The van der Waals surface area contributed by atoms with Crippen LogP contribution in [0.15, 0.2) is 51.9 Å². The first-order chi connectivity index (χ1) is 12.5. The number of nitro groups is 1. The van der Waals surface area contributed by atoms with Crippen molar-refractivity contribution in [2.45, 2.75) is 39.0 Å². The summed E-state index contributed by atoms with van der Waals surface area (Å²) in [5.74, 6) is 0. The van der Waals surface area contributed by atoms with Crippen LogP contribution in [0.2, 0.25) is 0 Å². The van der Waals surface area contributed by atoms with Crippen molar-refractivity contribution in [3.8, 4) is 11.3 Å². The van der Waals surface area contributed by atoms with Crippen LogP contribution in [0, 0.1) is 10.1 Å². The normalized spacial score (nSPS) is 15.1. The van der Waals surface area contributed by atoms with E-state index in [9.17, 15) is 10.1 Å². The number of non-ortho nitro benzene ring substituents is 1. The lowest BCUT2D eigenvalue weighted by atomic mass is 9.99. The zero-order valence-corrected chi connectivity index (χ0v) is 15.7. The Morgan fingerprint density at radius 3 is 2.58 bits per heavy atom. The highest BCUT2D eigenvalue weighted by Gasteiger charge is 2.13. The van der Waals surface area contributed by atoms with Crippen LogP contribution in [-0.2, 0) is 0 Å². The summed E-state index contributed by atoms with van der Waals surface area (Å²) in [5, 5.41) is 17.8. The second-order valence-corrected chi connectivity index (χ2v) is 7.36. The Morgan fingerprint density at radius 1 is 1.27 bits per heavy atom. The molecule has 0 saturated heterocycles. The average molecular weight is 370 g/mol. The fourth-order valence-electron chi connectivity index (χ4n) is 2.86. The summed E-state index contributed by atoms with van der Waals surface area (Å²) in [5.41, 5.74) is 4.07. The van der Waals surface area contributed by atoms with E-state index in [1.165, 1.54) is 48.4 Å². The van der Waals surface area contributed by atoms with Crippen LogP contribution >= 0.6 is 11.3 Å². The maximum atomic E-state index is 10.9. The lowest BCUT2D eigenvalue weighted by Gasteiger charge is -2.13. The molecule has 1 fully saturated rings. The highest BCUT2D eigenvalue weighted by atomic mass is 32.1. The topological polar surface area (TPSA) is 72.8 Å². The van der Waals surface area contributed by atoms with Gasteiger partial charge in [0, 0.05) is 28.8 Å². The molecule has 0 radical (unpaired) electrons. The van der Waals surface area contributed by atoms with Gasteiger partial charge in [0.2, 0.25) is 4.80 Å². The fourth-order valence-corrected chi connectivity index (χ4v) is 3.69. The standard InChI is InChI=1S/C19H22N4O2S/c1-14(2)12-20-19-22(21-16-6-4-3-5-7-16)18(13-26-19)15-8-10-17(11-9-15)23(24)25/h8-11,13H,1,3-7,12H2,2H3. The number of thiazole rings is 1. The Kier molecular flexibility index (Phi) is 5.78. The van der Waals surface area contributed by atoms with Crippen molar-refractivity contribution in [2.24, 2.45) is 10.1 Å². The van der Waals surface area contributed by atoms with E-state index in [2.05, 4.69) is 11.6 Å². The molecule has 0 spiro atoms. The molecule has 2 aromatic rings. The molecular weight excluding hydrogens is 348 g/mol. The van der Waals surface area contributed by atoms with E-state index in [4.69, 9.17) is 5.10 Å². The van der Waals surface area contributed by atoms with Crippen LogP contribution in [0.25, 0.3) is 11.3 Å². The van der Waals surface area contributed by atoms with Gasteiger partial charge in [-0.3, -0.25) is 15.1 Å². The first-order valence-corrected chi connectivity index (χ1v) is 9.59. The van der Waals surface area contributed by atoms with Crippen LogP contribution in [0.4, 0.5) is 5.69 Å². The molecule has 26 heavy (non-hydrogen) atoms. The summed E-state index contributed by atoms with van der Waals surface area (Å²) in [6.07, 6.45) is 5.64. The Bertz CT molecular complexity index is 898. The van der Waals surface area contributed by atoms with Gasteiger partial charge in [-0.05, 0) is 44.7 Å². The van der Waals surface area contributed by atoms with Crippen LogP contribution in [-0.4, -0.2) is 21.9 Å². The number of nitrogens with zero attached hydrogens (tertiary/aromatic N) is 4. The third kappa shape index (κ3) is 4.35. The largest absolute Gasteiger partial charge is 0.269 e. The van der Waals surface area contributed by atoms with Crippen molar-refractivity contribution in [3.05, 3.63) is 56.7 Å². The number of nitro benzene ring substituents is 1. The molecule has 1 heterocycles. The molecule has 0 unspecified atom stereocenters. The van der Waals surface area contributed by atoms with Crippen molar-refractivity contribution < 1.29 is 4.92 Å². The SMILES string of the molecule is C=C(C)CN=c1scc(-c2ccc([N+](=O)[O-])cc2)n1N=C1CCCCC1. The van der Waals surface area contributed by atoms with Gasteiger partial charge in [-0.2, -0.15) is 5.10 Å². The predicted molar refractivity (Wildman–Crippen MR) is 106 cm³/mol. The summed E-state index contributed by atoms with van der Waals surface area (Å²) in [7, 11) is 0. The van der Waals surface area contributed by atoms with E-state index < -0.39 is 0 Å². The minimum absolute atomic E-state index is 0.0846. The number of rotatable bonds is 5. The zero-order chi connectivity index (χ0) is 18.5. The molecule has 3 rings (SSSR count).